The van der Waals surface area contributed by atoms with E-state index in [0.717, 1.165) is 49.4 Å². The second-order valence-corrected chi connectivity index (χ2v) is 5.00. The molecule has 1 saturated heterocycles. The van der Waals surface area contributed by atoms with Crippen molar-refractivity contribution in [2.45, 2.75) is 38.3 Å². The molecule has 2 heterocycles. The number of oxazole rings is 1. The van der Waals surface area contributed by atoms with Crippen molar-refractivity contribution in [1.29, 1.82) is 0 Å². The Hall–Kier alpha value is -1.39. The van der Waals surface area contributed by atoms with Crippen molar-refractivity contribution in [1.82, 2.24) is 10.3 Å². The zero-order chi connectivity index (χ0) is 13.1. The molecule has 0 amide bonds. The lowest BCUT2D eigenvalue weighted by atomic mass is 10.0. The maximum atomic E-state index is 5.80. The highest BCUT2D eigenvalue weighted by molar-refractivity contribution is 5.72. The standard InChI is InChI=1S/C15H20N2O2/c1-2-16-12(13-8-5-9-18-13)10-15-17-11-6-3-4-7-14(11)19-15/h3-4,6-7,12-13,16H,2,5,8-10H2,1H3. The monoisotopic (exact) mass is 260 g/mol. The Morgan fingerprint density at radius 3 is 3.05 bits per heavy atom. The van der Waals surface area contributed by atoms with E-state index in [1.165, 1.54) is 0 Å². The van der Waals surface area contributed by atoms with Gasteiger partial charge in [0.05, 0.1) is 6.10 Å². The molecular formula is C15H20N2O2. The quantitative estimate of drug-likeness (QED) is 0.897. The average Bonchev–Trinajstić information content (AvgIpc) is 3.07. The van der Waals surface area contributed by atoms with Gasteiger partial charge in [-0.2, -0.15) is 0 Å². The maximum absolute atomic E-state index is 5.80. The van der Waals surface area contributed by atoms with Gasteiger partial charge in [0.15, 0.2) is 11.5 Å². The van der Waals surface area contributed by atoms with Crippen LogP contribution in [0, 0.1) is 0 Å². The molecule has 102 valence electrons. The minimum Gasteiger partial charge on any atom is -0.441 e. The van der Waals surface area contributed by atoms with Gasteiger partial charge in [0.1, 0.15) is 5.52 Å². The highest BCUT2D eigenvalue weighted by Crippen LogP contribution is 2.21. The van der Waals surface area contributed by atoms with Crippen LogP contribution in [-0.2, 0) is 11.2 Å². The van der Waals surface area contributed by atoms with Gasteiger partial charge in [-0.25, -0.2) is 4.98 Å². The van der Waals surface area contributed by atoms with Crippen LogP contribution in [0.4, 0.5) is 0 Å². The van der Waals surface area contributed by atoms with E-state index < -0.39 is 0 Å². The third-order valence-corrected chi connectivity index (χ3v) is 3.61. The molecule has 4 nitrogen and oxygen atoms in total. The average molecular weight is 260 g/mol. The van der Waals surface area contributed by atoms with Crippen LogP contribution < -0.4 is 5.32 Å². The minimum atomic E-state index is 0.287. The number of para-hydroxylation sites is 2. The predicted molar refractivity (Wildman–Crippen MR) is 74.2 cm³/mol. The van der Waals surface area contributed by atoms with Crippen molar-refractivity contribution in [2.24, 2.45) is 0 Å². The van der Waals surface area contributed by atoms with Crippen molar-refractivity contribution >= 4 is 11.1 Å². The first-order valence-electron chi connectivity index (χ1n) is 7.06. The maximum Gasteiger partial charge on any atom is 0.197 e. The molecule has 0 bridgehead atoms. The second-order valence-electron chi connectivity index (χ2n) is 5.00. The van der Waals surface area contributed by atoms with Crippen molar-refractivity contribution in [3.63, 3.8) is 0 Å². The summed E-state index contributed by atoms with van der Waals surface area (Å²) < 4.78 is 11.6. The molecule has 2 aromatic rings. The molecule has 1 aromatic heterocycles. The van der Waals surface area contributed by atoms with E-state index >= 15 is 0 Å². The molecule has 2 unspecified atom stereocenters. The number of benzene rings is 1. The van der Waals surface area contributed by atoms with Gasteiger partial charge in [0.2, 0.25) is 0 Å². The van der Waals surface area contributed by atoms with Crippen molar-refractivity contribution in [3.05, 3.63) is 30.2 Å². The fourth-order valence-corrected chi connectivity index (χ4v) is 2.71. The van der Waals surface area contributed by atoms with Crippen LogP contribution in [0.3, 0.4) is 0 Å². The number of fused-ring (bicyclic) bond motifs is 1. The lowest BCUT2D eigenvalue weighted by Crippen LogP contribution is -2.41. The minimum absolute atomic E-state index is 0.287. The first-order valence-corrected chi connectivity index (χ1v) is 7.06. The molecule has 1 aromatic carbocycles. The number of nitrogens with zero attached hydrogens (tertiary/aromatic N) is 1. The number of likely N-dealkylation sites (N-methyl/N-ethyl adjacent to an activating group) is 1. The summed E-state index contributed by atoms with van der Waals surface area (Å²) in [6.45, 7) is 3.93. The smallest absolute Gasteiger partial charge is 0.197 e. The summed E-state index contributed by atoms with van der Waals surface area (Å²) in [6, 6.07) is 8.19. The highest BCUT2D eigenvalue weighted by Gasteiger charge is 2.26. The molecule has 1 aliphatic rings. The normalized spacial score (nSPS) is 21.0. The molecule has 1 aliphatic heterocycles. The van der Waals surface area contributed by atoms with Gasteiger partial charge in [-0.15, -0.1) is 0 Å². The van der Waals surface area contributed by atoms with Gasteiger partial charge in [-0.1, -0.05) is 19.1 Å². The van der Waals surface area contributed by atoms with Crippen LogP contribution in [0.2, 0.25) is 0 Å². The fraction of sp³-hybridized carbons (Fsp3) is 0.533. The summed E-state index contributed by atoms with van der Waals surface area (Å²) in [6.07, 6.45) is 3.35. The highest BCUT2D eigenvalue weighted by atomic mass is 16.5. The van der Waals surface area contributed by atoms with Crippen LogP contribution in [-0.4, -0.2) is 30.3 Å². The van der Waals surface area contributed by atoms with E-state index in [1.807, 2.05) is 24.3 Å². The van der Waals surface area contributed by atoms with E-state index in [-0.39, 0.29) is 6.10 Å². The molecule has 0 saturated carbocycles. The number of nitrogens with one attached hydrogen (secondary N) is 1. The summed E-state index contributed by atoms with van der Waals surface area (Å²) in [7, 11) is 0. The van der Waals surface area contributed by atoms with E-state index in [2.05, 4.69) is 17.2 Å². The topological polar surface area (TPSA) is 47.3 Å². The number of rotatable bonds is 5. The third-order valence-electron chi connectivity index (χ3n) is 3.61. The van der Waals surface area contributed by atoms with Crippen LogP contribution in [0.15, 0.2) is 28.7 Å². The van der Waals surface area contributed by atoms with Crippen molar-refractivity contribution in [2.75, 3.05) is 13.2 Å². The fourth-order valence-electron chi connectivity index (χ4n) is 2.71. The molecule has 1 fully saturated rings. The van der Waals surface area contributed by atoms with Crippen molar-refractivity contribution < 1.29 is 9.15 Å². The Balaban J connectivity index is 1.76. The van der Waals surface area contributed by atoms with Gasteiger partial charge in [0.25, 0.3) is 0 Å². The molecule has 3 rings (SSSR count). The molecular weight excluding hydrogens is 240 g/mol. The first-order chi connectivity index (χ1) is 9.36. The van der Waals surface area contributed by atoms with Crippen LogP contribution in [0.5, 0.6) is 0 Å². The molecule has 2 atom stereocenters. The number of ether oxygens (including phenoxy) is 1. The SMILES string of the molecule is CCNC(Cc1nc2ccccc2o1)C1CCCO1. The Bertz CT molecular complexity index is 499. The van der Waals surface area contributed by atoms with Gasteiger partial charge < -0.3 is 14.5 Å². The molecule has 0 aliphatic carbocycles. The van der Waals surface area contributed by atoms with E-state index in [4.69, 9.17) is 9.15 Å². The number of hydrogen-bond donors (Lipinski definition) is 1. The molecule has 4 heteroatoms. The first kappa shape index (κ1) is 12.6. The number of hydrogen-bond acceptors (Lipinski definition) is 4. The Kier molecular flexibility index (Phi) is 3.80. The molecule has 0 spiro atoms. The predicted octanol–water partition coefficient (Wildman–Crippen LogP) is 2.53. The van der Waals surface area contributed by atoms with Crippen LogP contribution in [0.25, 0.3) is 11.1 Å². The zero-order valence-electron chi connectivity index (χ0n) is 11.3. The zero-order valence-corrected chi connectivity index (χ0v) is 11.3. The lowest BCUT2D eigenvalue weighted by molar-refractivity contribution is 0.0769. The van der Waals surface area contributed by atoms with Gasteiger partial charge in [0, 0.05) is 19.1 Å². The summed E-state index contributed by atoms with van der Waals surface area (Å²) in [5.74, 6) is 0.794. The largest absolute Gasteiger partial charge is 0.441 e. The van der Waals surface area contributed by atoms with Gasteiger partial charge >= 0.3 is 0 Å². The number of aromatic nitrogens is 1. The van der Waals surface area contributed by atoms with E-state index in [9.17, 15) is 0 Å². The Labute approximate surface area is 113 Å². The summed E-state index contributed by atoms with van der Waals surface area (Å²) in [5.41, 5.74) is 1.79. The molecule has 0 radical (unpaired) electrons. The van der Waals surface area contributed by atoms with Crippen LogP contribution >= 0.6 is 0 Å². The third kappa shape index (κ3) is 2.80. The summed E-state index contributed by atoms with van der Waals surface area (Å²) >= 11 is 0. The molecule has 19 heavy (non-hydrogen) atoms. The van der Waals surface area contributed by atoms with Gasteiger partial charge in [-0.3, -0.25) is 0 Å². The second kappa shape index (κ2) is 5.72. The van der Waals surface area contributed by atoms with E-state index in [1.54, 1.807) is 0 Å². The van der Waals surface area contributed by atoms with Crippen LogP contribution in [0.1, 0.15) is 25.7 Å². The summed E-state index contributed by atoms with van der Waals surface area (Å²) in [5, 5.41) is 3.49. The Morgan fingerprint density at radius 1 is 1.42 bits per heavy atom. The molecule has 1 N–H and O–H groups in total. The van der Waals surface area contributed by atoms with Gasteiger partial charge in [-0.05, 0) is 31.5 Å². The van der Waals surface area contributed by atoms with E-state index in [0.29, 0.717) is 6.04 Å². The lowest BCUT2D eigenvalue weighted by Gasteiger charge is -2.22. The summed E-state index contributed by atoms with van der Waals surface area (Å²) in [4.78, 5) is 4.54. The Morgan fingerprint density at radius 2 is 2.32 bits per heavy atom. The van der Waals surface area contributed by atoms with Crippen molar-refractivity contribution in [3.8, 4) is 0 Å².